The maximum atomic E-state index is 13.7. The Morgan fingerprint density at radius 1 is 1.07 bits per heavy atom. The molecule has 0 spiro atoms. The van der Waals surface area contributed by atoms with Crippen LogP contribution in [0.3, 0.4) is 0 Å². The average molecular weight is 405 g/mol. The summed E-state index contributed by atoms with van der Waals surface area (Å²) in [5, 5.41) is 1.77. The first-order valence-corrected chi connectivity index (χ1v) is 8.45. The highest BCUT2D eigenvalue weighted by molar-refractivity contribution is 6.02. The van der Waals surface area contributed by atoms with Gasteiger partial charge in [-0.2, -0.15) is 0 Å². The van der Waals surface area contributed by atoms with Crippen molar-refractivity contribution in [3.8, 4) is 5.75 Å². The molecule has 3 aromatic rings. The highest BCUT2D eigenvalue weighted by Gasteiger charge is 2.22. The molecule has 1 aromatic heterocycles. The molecule has 0 saturated carbocycles. The Kier molecular flexibility index (Phi) is 6.01. The number of ether oxygens (including phenoxy) is 1. The van der Waals surface area contributed by atoms with Crippen molar-refractivity contribution in [2.24, 2.45) is 0 Å². The van der Waals surface area contributed by atoms with Crippen molar-refractivity contribution in [1.29, 1.82) is 0 Å². The van der Waals surface area contributed by atoms with Crippen LogP contribution in [0.1, 0.15) is 21.9 Å². The molecule has 1 heterocycles. The third-order valence-corrected chi connectivity index (χ3v) is 3.94. The molecule has 0 fully saturated rings. The number of benzene rings is 2. The number of carbonyl (C=O) groups excluding carboxylic acids is 1. The number of anilines is 1. The first-order valence-electron chi connectivity index (χ1n) is 8.45. The Hall–Kier alpha value is -3.55. The summed E-state index contributed by atoms with van der Waals surface area (Å²) < 4.78 is 64.8. The van der Waals surface area contributed by atoms with Gasteiger partial charge in [0.05, 0.1) is 0 Å². The second-order valence-electron chi connectivity index (χ2n) is 5.95. The summed E-state index contributed by atoms with van der Waals surface area (Å²) in [4.78, 5) is 12.1. The molecule has 0 aliphatic heterocycles. The fraction of sp³-hybridized carbons (Fsp3) is 0.0952. The molecular formula is C21H15F4NO3. The Bertz CT molecular complexity index is 1040. The molecule has 4 nitrogen and oxygen atoms in total. The zero-order valence-electron chi connectivity index (χ0n) is 15.0. The van der Waals surface area contributed by atoms with Crippen LogP contribution >= 0.6 is 0 Å². The van der Waals surface area contributed by atoms with E-state index in [1.807, 2.05) is 12.1 Å². The largest absolute Gasteiger partial charge is 0.485 e. The van der Waals surface area contributed by atoms with Gasteiger partial charge in [0.1, 0.15) is 23.8 Å². The van der Waals surface area contributed by atoms with Gasteiger partial charge >= 0.3 is 0 Å². The molecule has 8 heteroatoms. The second-order valence-corrected chi connectivity index (χ2v) is 5.95. The lowest BCUT2D eigenvalue weighted by Gasteiger charge is -2.09. The number of allylic oxidation sites excluding steroid dienone is 1. The van der Waals surface area contributed by atoms with E-state index in [2.05, 4.69) is 6.58 Å². The fourth-order valence-electron chi connectivity index (χ4n) is 2.55. The number of nitrogens with one attached hydrogen (secondary N) is 1. The summed E-state index contributed by atoms with van der Waals surface area (Å²) in [6.45, 7) is 3.66. The molecule has 29 heavy (non-hydrogen) atoms. The van der Waals surface area contributed by atoms with E-state index in [1.54, 1.807) is 23.5 Å². The Labute approximate surface area is 163 Å². The number of carbonyl (C=O) groups is 1. The van der Waals surface area contributed by atoms with Gasteiger partial charge < -0.3 is 14.5 Å². The van der Waals surface area contributed by atoms with Gasteiger partial charge in [0.15, 0.2) is 29.0 Å². The topological polar surface area (TPSA) is 51.5 Å². The lowest BCUT2D eigenvalue weighted by Crippen LogP contribution is -2.15. The zero-order chi connectivity index (χ0) is 21.0. The van der Waals surface area contributed by atoms with Crippen LogP contribution in [0.15, 0.2) is 59.5 Å². The van der Waals surface area contributed by atoms with Gasteiger partial charge in [-0.25, -0.2) is 17.6 Å². The van der Waals surface area contributed by atoms with E-state index >= 15 is 0 Å². The lowest BCUT2D eigenvalue weighted by atomic mass is 10.1. The number of amides is 1. The van der Waals surface area contributed by atoms with E-state index in [-0.39, 0.29) is 24.2 Å². The molecule has 0 bridgehead atoms. The van der Waals surface area contributed by atoms with Gasteiger partial charge in [0, 0.05) is 6.07 Å². The number of furan rings is 1. The van der Waals surface area contributed by atoms with Gasteiger partial charge in [-0.15, -0.1) is 6.58 Å². The van der Waals surface area contributed by atoms with Gasteiger partial charge in [-0.1, -0.05) is 24.3 Å². The number of hydrogen-bond donors (Lipinski definition) is 1. The molecule has 0 atom stereocenters. The predicted octanol–water partition coefficient (Wildman–Crippen LogP) is 5.40. The van der Waals surface area contributed by atoms with Crippen LogP contribution in [0.25, 0.3) is 0 Å². The Morgan fingerprint density at radius 3 is 2.45 bits per heavy atom. The number of para-hydroxylation sites is 1. The summed E-state index contributed by atoms with van der Waals surface area (Å²) in [5.41, 5.74) is -0.328. The van der Waals surface area contributed by atoms with E-state index in [1.165, 1.54) is 12.1 Å². The first-order chi connectivity index (χ1) is 13.9. The first kappa shape index (κ1) is 20.2. The van der Waals surface area contributed by atoms with Crippen LogP contribution in [-0.2, 0) is 13.0 Å². The monoisotopic (exact) mass is 405 g/mol. The maximum Gasteiger partial charge on any atom is 0.291 e. The van der Waals surface area contributed by atoms with E-state index in [0.29, 0.717) is 12.2 Å². The minimum atomic E-state index is -1.72. The molecular weight excluding hydrogens is 390 g/mol. The predicted molar refractivity (Wildman–Crippen MR) is 97.6 cm³/mol. The summed E-state index contributed by atoms with van der Waals surface area (Å²) in [6.07, 6.45) is 2.33. The average Bonchev–Trinajstić information content (AvgIpc) is 3.18. The smallest absolute Gasteiger partial charge is 0.291 e. The van der Waals surface area contributed by atoms with Crippen LogP contribution in [-0.4, -0.2) is 5.91 Å². The van der Waals surface area contributed by atoms with E-state index in [0.717, 1.165) is 5.56 Å². The fourth-order valence-corrected chi connectivity index (χ4v) is 2.55. The third-order valence-electron chi connectivity index (χ3n) is 3.94. The van der Waals surface area contributed by atoms with Crippen molar-refractivity contribution in [2.75, 3.05) is 5.32 Å². The molecule has 0 aliphatic rings. The Morgan fingerprint density at radius 2 is 1.76 bits per heavy atom. The number of hydrogen-bond acceptors (Lipinski definition) is 3. The van der Waals surface area contributed by atoms with Crippen molar-refractivity contribution in [3.05, 3.63) is 95.5 Å². The molecule has 2 aromatic carbocycles. The molecule has 150 valence electrons. The second kappa shape index (κ2) is 8.64. The van der Waals surface area contributed by atoms with Crippen LogP contribution in [0.2, 0.25) is 0 Å². The number of halogens is 4. The van der Waals surface area contributed by atoms with Gasteiger partial charge in [0.2, 0.25) is 0 Å². The van der Waals surface area contributed by atoms with Crippen molar-refractivity contribution < 1.29 is 31.5 Å². The van der Waals surface area contributed by atoms with Crippen molar-refractivity contribution in [1.82, 2.24) is 0 Å². The minimum absolute atomic E-state index is 0.0151. The molecule has 0 aliphatic carbocycles. The molecule has 0 radical (unpaired) electrons. The lowest BCUT2D eigenvalue weighted by molar-refractivity contribution is 0.0991. The highest BCUT2D eigenvalue weighted by atomic mass is 19.2. The SMILES string of the molecule is C=CCc1ccccc1OCc1ccc(C(=O)Nc2c(F)c(F)cc(F)c2F)o1. The van der Waals surface area contributed by atoms with E-state index in [9.17, 15) is 22.4 Å². The van der Waals surface area contributed by atoms with Crippen molar-refractivity contribution in [2.45, 2.75) is 13.0 Å². The van der Waals surface area contributed by atoms with Gasteiger partial charge in [-0.05, 0) is 30.2 Å². The summed E-state index contributed by atoms with van der Waals surface area (Å²) in [5.74, 6) is -7.23. The molecule has 3 rings (SSSR count). The molecule has 0 unspecified atom stereocenters. The highest BCUT2D eigenvalue weighted by Crippen LogP contribution is 2.25. The Balaban J connectivity index is 1.71. The maximum absolute atomic E-state index is 13.7. The van der Waals surface area contributed by atoms with Crippen molar-refractivity contribution in [3.63, 3.8) is 0 Å². The van der Waals surface area contributed by atoms with E-state index in [4.69, 9.17) is 9.15 Å². The quantitative estimate of drug-likeness (QED) is 0.326. The van der Waals surface area contributed by atoms with Crippen LogP contribution in [0, 0.1) is 23.3 Å². The van der Waals surface area contributed by atoms with Crippen LogP contribution in [0.4, 0.5) is 23.2 Å². The minimum Gasteiger partial charge on any atom is -0.485 e. The van der Waals surface area contributed by atoms with E-state index < -0.39 is 34.9 Å². The zero-order valence-corrected chi connectivity index (χ0v) is 15.0. The van der Waals surface area contributed by atoms with Crippen LogP contribution < -0.4 is 10.1 Å². The van der Waals surface area contributed by atoms with Crippen molar-refractivity contribution >= 4 is 11.6 Å². The summed E-state index contributed by atoms with van der Waals surface area (Å²) in [7, 11) is 0. The standard InChI is InChI=1S/C21H15F4NO3/c1-2-5-12-6-3-4-7-16(12)28-11-13-8-9-17(29-13)21(27)26-20-18(24)14(22)10-15(23)19(20)25/h2-4,6-10H,1,5,11H2,(H,26,27). The molecule has 0 saturated heterocycles. The third kappa shape index (κ3) is 4.48. The molecule has 1 amide bonds. The molecule has 1 N–H and O–H groups in total. The van der Waals surface area contributed by atoms with Crippen LogP contribution in [0.5, 0.6) is 5.75 Å². The van der Waals surface area contributed by atoms with Gasteiger partial charge in [0.25, 0.3) is 5.91 Å². The summed E-state index contributed by atoms with van der Waals surface area (Å²) >= 11 is 0. The number of rotatable bonds is 7. The summed E-state index contributed by atoms with van der Waals surface area (Å²) in [6, 6.07) is 10.0. The van der Waals surface area contributed by atoms with Gasteiger partial charge in [-0.3, -0.25) is 4.79 Å². The normalized spacial score (nSPS) is 10.6.